The third-order valence-corrected chi connectivity index (χ3v) is 3.27. The van der Waals surface area contributed by atoms with Crippen molar-refractivity contribution >= 4 is 29.2 Å². The maximum absolute atomic E-state index is 5.78. The highest BCUT2D eigenvalue weighted by molar-refractivity contribution is 6.31. The van der Waals surface area contributed by atoms with Crippen molar-refractivity contribution in [1.82, 2.24) is 15.0 Å². The molecule has 4 nitrogen and oxygen atoms in total. The van der Waals surface area contributed by atoms with E-state index in [-0.39, 0.29) is 10.6 Å². The zero-order valence-electron chi connectivity index (χ0n) is 9.16. The molecule has 16 heavy (non-hydrogen) atoms. The highest BCUT2D eigenvalue weighted by Gasteiger charge is 2.24. The lowest BCUT2D eigenvalue weighted by Gasteiger charge is -2.27. The highest BCUT2D eigenvalue weighted by atomic mass is 35.5. The van der Waals surface area contributed by atoms with E-state index in [1.54, 1.807) is 0 Å². The van der Waals surface area contributed by atoms with Crippen LogP contribution in [0, 0.1) is 0 Å². The van der Waals surface area contributed by atoms with E-state index < -0.39 is 0 Å². The molecule has 1 saturated carbocycles. The Hall–Kier alpha value is -0.610. The van der Waals surface area contributed by atoms with E-state index in [4.69, 9.17) is 23.2 Å². The standard InChI is InChI=1S/C10H14Cl2N4/c1-2-16(7-5-3-4-6-7)10-14-8(11)13-9(12)15-10/h7H,2-6H2,1H3. The third-order valence-electron chi connectivity index (χ3n) is 2.93. The van der Waals surface area contributed by atoms with Gasteiger partial charge in [0.25, 0.3) is 0 Å². The first-order valence-electron chi connectivity index (χ1n) is 5.54. The molecule has 0 saturated heterocycles. The fraction of sp³-hybridized carbons (Fsp3) is 0.700. The van der Waals surface area contributed by atoms with Gasteiger partial charge in [0.1, 0.15) is 0 Å². The summed E-state index contributed by atoms with van der Waals surface area (Å²) in [5.41, 5.74) is 0. The normalized spacial score (nSPS) is 16.7. The number of halogens is 2. The molecule has 0 spiro atoms. The molecule has 0 N–H and O–H groups in total. The van der Waals surface area contributed by atoms with Crippen molar-refractivity contribution in [2.45, 2.75) is 38.6 Å². The lowest BCUT2D eigenvalue weighted by Crippen LogP contribution is -2.34. The van der Waals surface area contributed by atoms with E-state index in [1.807, 2.05) is 0 Å². The van der Waals surface area contributed by atoms with Gasteiger partial charge >= 0.3 is 0 Å². The zero-order chi connectivity index (χ0) is 11.5. The largest absolute Gasteiger partial charge is 0.338 e. The van der Waals surface area contributed by atoms with Gasteiger partial charge in [0.05, 0.1) is 0 Å². The number of aromatic nitrogens is 3. The number of rotatable bonds is 3. The Morgan fingerprint density at radius 2 is 1.69 bits per heavy atom. The van der Waals surface area contributed by atoms with Gasteiger partial charge in [0, 0.05) is 12.6 Å². The summed E-state index contributed by atoms with van der Waals surface area (Å²) in [5.74, 6) is 0.597. The van der Waals surface area contributed by atoms with Crippen molar-refractivity contribution in [1.29, 1.82) is 0 Å². The minimum Gasteiger partial charge on any atom is -0.338 e. The molecule has 1 aliphatic rings. The van der Waals surface area contributed by atoms with E-state index in [9.17, 15) is 0 Å². The molecule has 1 aromatic rings. The number of hydrogen-bond donors (Lipinski definition) is 0. The van der Waals surface area contributed by atoms with Crippen molar-refractivity contribution in [3.05, 3.63) is 10.6 Å². The van der Waals surface area contributed by atoms with E-state index >= 15 is 0 Å². The van der Waals surface area contributed by atoms with Crippen molar-refractivity contribution in [2.75, 3.05) is 11.4 Å². The van der Waals surface area contributed by atoms with Crippen LogP contribution in [0.2, 0.25) is 10.6 Å². The van der Waals surface area contributed by atoms with Crippen molar-refractivity contribution in [2.24, 2.45) is 0 Å². The Kier molecular flexibility index (Phi) is 3.82. The van der Waals surface area contributed by atoms with Crippen LogP contribution in [-0.2, 0) is 0 Å². The lowest BCUT2D eigenvalue weighted by molar-refractivity contribution is 0.603. The smallest absolute Gasteiger partial charge is 0.231 e. The van der Waals surface area contributed by atoms with Crippen LogP contribution in [0.25, 0.3) is 0 Å². The second-order valence-corrected chi connectivity index (χ2v) is 4.57. The van der Waals surface area contributed by atoms with Crippen molar-refractivity contribution in [3.63, 3.8) is 0 Å². The first-order chi connectivity index (χ1) is 7.70. The lowest BCUT2D eigenvalue weighted by atomic mass is 10.2. The Bertz CT molecular complexity index is 346. The molecule has 0 unspecified atom stereocenters. The van der Waals surface area contributed by atoms with Crippen LogP contribution in [0.3, 0.4) is 0 Å². The first kappa shape index (κ1) is 11.9. The quantitative estimate of drug-likeness (QED) is 0.838. The average Bonchev–Trinajstić information content (AvgIpc) is 2.70. The molecule has 1 aromatic heterocycles. The van der Waals surface area contributed by atoms with Gasteiger partial charge in [-0.1, -0.05) is 12.8 Å². The summed E-state index contributed by atoms with van der Waals surface area (Å²) in [6, 6.07) is 0.513. The molecule has 0 bridgehead atoms. The van der Waals surface area contributed by atoms with E-state index in [1.165, 1.54) is 25.7 Å². The maximum Gasteiger partial charge on any atom is 0.231 e. The molecule has 0 radical (unpaired) electrons. The second-order valence-electron chi connectivity index (χ2n) is 3.90. The Labute approximate surface area is 105 Å². The SMILES string of the molecule is CCN(c1nc(Cl)nc(Cl)n1)C1CCCC1. The minimum absolute atomic E-state index is 0.159. The van der Waals surface area contributed by atoms with Crippen LogP contribution in [0.5, 0.6) is 0 Å². The molecule has 6 heteroatoms. The molecule has 1 aliphatic carbocycles. The zero-order valence-corrected chi connectivity index (χ0v) is 10.7. The van der Waals surface area contributed by atoms with Gasteiger partial charge < -0.3 is 4.90 Å². The predicted octanol–water partition coefficient (Wildman–Crippen LogP) is 2.95. The summed E-state index contributed by atoms with van der Waals surface area (Å²) in [4.78, 5) is 14.2. The fourth-order valence-corrected chi connectivity index (χ4v) is 2.58. The van der Waals surface area contributed by atoms with Gasteiger partial charge in [0.2, 0.25) is 16.5 Å². The van der Waals surface area contributed by atoms with Gasteiger partial charge in [0.15, 0.2) is 0 Å². The molecular weight excluding hydrogens is 247 g/mol. The molecule has 1 fully saturated rings. The van der Waals surface area contributed by atoms with E-state index in [2.05, 4.69) is 26.8 Å². The fourth-order valence-electron chi connectivity index (χ4n) is 2.22. The monoisotopic (exact) mass is 260 g/mol. The summed E-state index contributed by atoms with van der Waals surface area (Å²) in [7, 11) is 0. The predicted molar refractivity (Wildman–Crippen MR) is 65.1 cm³/mol. The van der Waals surface area contributed by atoms with Gasteiger partial charge in [-0.05, 0) is 43.0 Å². The topological polar surface area (TPSA) is 41.9 Å². The molecule has 88 valence electrons. The Morgan fingerprint density at radius 3 is 2.19 bits per heavy atom. The molecule has 0 atom stereocenters. The van der Waals surface area contributed by atoms with Gasteiger partial charge in [-0.15, -0.1) is 0 Å². The maximum atomic E-state index is 5.78. The van der Waals surface area contributed by atoms with Crippen LogP contribution in [0.4, 0.5) is 5.95 Å². The molecule has 2 rings (SSSR count). The van der Waals surface area contributed by atoms with Gasteiger partial charge in [-0.3, -0.25) is 0 Å². The number of hydrogen-bond acceptors (Lipinski definition) is 4. The molecule has 0 aliphatic heterocycles. The number of nitrogens with zero attached hydrogens (tertiary/aromatic N) is 4. The summed E-state index contributed by atoms with van der Waals surface area (Å²) in [5, 5.41) is 0.317. The van der Waals surface area contributed by atoms with Gasteiger partial charge in [-0.25, -0.2) is 0 Å². The second kappa shape index (κ2) is 5.15. The van der Waals surface area contributed by atoms with E-state index in [0.717, 1.165) is 6.54 Å². The van der Waals surface area contributed by atoms with Crippen LogP contribution in [-0.4, -0.2) is 27.5 Å². The van der Waals surface area contributed by atoms with Gasteiger partial charge in [-0.2, -0.15) is 15.0 Å². The molecule has 0 amide bonds. The summed E-state index contributed by atoms with van der Waals surface area (Å²) in [6.07, 6.45) is 4.92. The molecule has 1 heterocycles. The van der Waals surface area contributed by atoms with Crippen LogP contribution >= 0.6 is 23.2 Å². The summed E-state index contributed by atoms with van der Waals surface area (Å²) in [6.45, 7) is 2.95. The Balaban J connectivity index is 2.24. The molecule has 0 aromatic carbocycles. The van der Waals surface area contributed by atoms with Crippen molar-refractivity contribution in [3.8, 4) is 0 Å². The number of anilines is 1. The minimum atomic E-state index is 0.159. The summed E-state index contributed by atoms with van der Waals surface area (Å²) >= 11 is 11.6. The third kappa shape index (κ3) is 2.55. The first-order valence-corrected chi connectivity index (χ1v) is 6.30. The van der Waals surface area contributed by atoms with Crippen LogP contribution in [0.15, 0.2) is 0 Å². The molecular formula is C10H14Cl2N4. The highest BCUT2D eigenvalue weighted by Crippen LogP contribution is 2.26. The summed E-state index contributed by atoms with van der Waals surface area (Å²) < 4.78 is 0. The average molecular weight is 261 g/mol. The Morgan fingerprint density at radius 1 is 1.12 bits per heavy atom. The van der Waals surface area contributed by atoms with Crippen molar-refractivity contribution < 1.29 is 0 Å². The van der Waals surface area contributed by atoms with Crippen LogP contribution in [0.1, 0.15) is 32.6 Å². The van der Waals surface area contributed by atoms with Crippen LogP contribution < -0.4 is 4.90 Å². The van der Waals surface area contributed by atoms with E-state index in [0.29, 0.717) is 12.0 Å².